The smallest absolute Gasteiger partial charge is 0.137 e. The SMILES string of the molecule is COCCOCCNCC(O)COc1ccccc1C#N. The standard InChI is InChI=1S/C15H22N2O4/c1-19-8-9-20-7-6-17-11-14(18)12-21-15-5-3-2-4-13(15)10-16/h2-5,14,17-18H,6-9,11-12H2,1H3. The van der Waals surface area contributed by atoms with Gasteiger partial charge in [0, 0.05) is 20.2 Å². The second-order valence-corrected chi connectivity index (χ2v) is 4.38. The highest BCUT2D eigenvalue weighted by atomic mass is 16.5. The van der Waals surface area contributed by atoms with E-state index in [1.165, 1.54) is 0 Å². The molecule has 0 aliphatic carbocycles. The number of hydrogen-bond acceptors (Lipinski definition) is 6. The molecule has 0 saturated carbocycles. The summed E-state index contributed by atoms with van der Waals surface area (Å²) in [5.41, 5.74) is 0.462. The average molecular weight is 294 g/mol. The Hall–Kier alpha value is -1.65. The van der Waals surface area contributed by atoms with Gasteiger partial charge in [0.2, 0.25) is 0 Å². The lowest BCUT2D eigenvalue weighted by Crippen LogP contribution is -2.33. The lowest BCUT2D eigenvalue weighted by molar-refractivity contribution is 0.0679. The zero-order valence-corrected chi connectivity index (χ0v) is 12.2. The Kier molecular flexibility index (Phi) is 9.16. The number of aliphatic hydroxyl groups is 1. The maximum atomic E-state index is 9.78. The third-order valence-corrected chi connectivity index (χ3v) is 2.67. The Bertz CT molecular complexity index is 434. The molecule has 0 bridgehead atoms. The Morgan fingerprint density at radius 2 is 2.10 bits per heavy atom. The van der Waals surface area contributed by atoms with Gasteiger partial charge in [-0.25, -0.2) is 0 Å². The molecule has 0 spiro atoms. The Balaban J connectivity index is 2.11. The first-order valence-corrected chi connectivity index (χ1v) is 6.85. The van der Waals surface area contributed by atoms with Crippen LogP contribution >= 0.6 is 0 Å². The number of benzene rings is 1. The molecule has 0 aliphatic rings. The third-order valence-electron chi connectivity index (χ3n) is 2.67. The van der Waals surface area contributed by atoms with Crippen LogP contribution in [0.1, 0.15) is 5.56 Å². The lowest BCUT2D eigenvalue weighted by atomic mass is 10.2. The molecule has 6 heteroatoms. The maximum absolute atomic E-state index is 9.78. The molecule has 0 fully saturated rings. The fourth-order valence-electron chi connectivity index (χ4n) is 1.59. The predicted molar refractivity (Wildman–Crippen MR) is 78.2 cm³/mol. The Morgan fingerprint density at radius 1 is 1.29 bits per heavy atom. The van der Waals surface area contributed by atoms with Crippen LogP contribution in [0.2, 0.25) is 0 Å². The van der Waals surface area contributed by atoms with Gasteiger partial charge in [-0.2, -0.15) is 5.26 Å². The second kappa shape index (κ2) is 11.1. The van der Waals surface area contributed by atoms with Gasteiger partial charge in [0.15, 0.2) is 0 Å². The van der Waals surface area contributed by atoms with E-state index in [9.17, 15) is 5.11 Å². The molecule has 0 radical (unpaired) electrons. The van der Waals surface area contributed by atoms with Crippen LogP contribution in [0.4, 0.5) is 0 Å². The van der Waals surface area contributed by atoms with Gasteiger partial charge in [-0.05, 0) is 12.1 Å². The van der Waals surface area contributed by atoms with E-state index in [1.54, 1.807) is 31.4 Å². The number of methoxy groups -OCH3 is 1. The van der Waals surface area contributed by atoms with Crippen molar-refractivity contribution in [1.29, 1.82) is 5.26 Å². The molecule has 6 nitrogen and oxygen atoms in total. The first-order valence-electron chi connectivity index (χ1n) is 6.85. The molecular formula is C15H22N2O4. The topological polar surface area (TPSA) is 83.7 Å². The van der Waals surface area contributed by atoms with Crippen molar-refractivity contribution in [2.45, 2.75) is 6.10 Å². The minimum atomic E-state index is -0.643. The number of hydrogen-bond donors (Lipinski definition) is 2. The van der Waals surface area contributed by atoms with Crippen LogP contribution in [0.3, 0.4) is 0 Å². The van der Waals surface area contributed by atoms with Crippen molar-refractivity contribution in [2.75, 3.05) is 46.6 Å². The maximum Gasteiger partial charge on any atom is 0.137 e. The van der Waals surface area contributed by atoms with Crippen molar-refractivity contribution < 1.29 is 19.3 Å². The van der Waals surface area contributed by atoms with Gasteiger partial charge in [-0.1, -0.05) is 12.1 Å². The normalized spacial score (nSPS) is 11.9. The second-order valence-electron chi connectivity index (χ2n) is 4.38. The molecule has 1 aromatic rings. The van der Waals surface area contributed by atoms with Crippen molar-refractivity contribution in [1.82, 2.24) is 5.32 Å². The van der Waals surface area contributed by atoms with Crippen molar-refractivity contribution in [2.24, 2.45) is 0 Å². The minimum Gasteiger partial charge on any atom is -0.489 e. The van der Waals surface area contributed by atoms with Gasteiger partial charge in [0.05, 0.1) is 25.4 Å². The van der Waals surface area contributed by atoms with Crippen LogP contribution in [0.25, 0.3) is 0 Å². The van der Waals surface area contributed by atoms with E-state index in [-0.39, 0.29) is 6.61 Å². The average Bonchev–Trinajstić information content (AvgIpc) is 2.52. The fourth-order valence-corrected chi connectivity index (χ4v) is 1.59. The largest absolute Gasteiger partial charge is 0.489 e. The van der Waals surface area contributed by atoms with Crippen LogP contribution < -0.4 is 10.1 Å². The summed E-state index contributed by atoms with van der Waals surface area (Å²) in [4.78, 5) is 0. The Morgan fingerprint density at radius 3 is 2.86 bits per heavy atom. The lowest BCUT2D eigenvalue weighted by Gasteiger charge is -2.14. The summed E-state index contributed by atoms with van der Waals surface area (Å²) in [6.07, 6.45) is -0.643. The van der Waals surface area contributed by atoms with Crippen molar-refractivity contribution in [3.8, 4) is 11.8 Å². The molecule has 116 valence electrons. The highest BCUT2D eigenvalue weighted by molar-refractivity contribution is 5.42. The minimum absolute atomic E-state index is 0.135. The summed E-state index contributed by atoms with van der Waals surface area (Å²) < 4.78 is 15.6. The van der Waals surface area contributed by atoms with Crippen LogP contribution in [-0.4, -0.2) is 57.8 Å². The van der Waals surface area contributed by atoms with E-state index in [0.29, 0.717) is 44.2 Å². The van der Waals surface area contributed by atoms with Gasteiger partial charge < -0.3 is 24.6 Å². The molecule has 1 atom stereocenters. The summed E-state index contributed by atoms with van der Waals surface area (Å²) in [6, 6.07) is 9.00. The van der Waals surface area contributed by atoms with Gasteiger partial charge in [-0.3, -0.25) is 0 Å². The number of rotatable bonds is 11. The van der Waals surface area contributed by atoms with E-state index >= 15 is 0 Å². The summed E-state index contributed by atoms with van der Waals surface area (Å²) in [5.74, 6) is 0.488. The molecule has 2 N–H and O–H groups in total. The molecule has 1 rings (SSSR count). The number of nitrogens with zero attached hydrogens (tertiary/aromatic N) is 1. The first kappa shape index (κ1) is 17.4. The van der Waals surface area contributed by atoms with Crippen molar-refractivity contribution in [3.05, 3.63) is 29.8 Å². The highest BCUT2D eigenvalue weighted by Crippen LogP contribution is 2.16. The molecule has 0 heterocycles. The summed E-state index contributed by atoms with van der Waals surface area (Å²) >= 11 is 0. The number of para-hydroxylation sites is 1. The number of nitriles is 1. The molecule has 0 aromatic heterocycles. The first-order chi connectivity index (χ1) is 10.3. The number of aliphatic hydroxyl groups excluding tert-OH is 1. The van der Waals surface area contributed by atoms with Crippen molar-refractivity contribution in [3.63, 3.8) is 0 Å². The quantitative estimate of drug-likeness (QED) is 0.580. The third kappa shape index (κ3) is 7.63. The van der Waals surface area contributed by atoms with Crippen LogP contribution in [0.15, 0.2) is 24.3 Å². The van der Waals surface area contributed by atoms with E-state index in [0.717, 1.165) is 0 Å². The van der Waals surface area contributed by atoms with Crippen LogP contribution in [0.5, 0.6) is 5.75 Å². The zero-order valence-electron chi connectivity index (χ0n) is 12.2. The summed E-state index contributed by atoms with van der Waals surface area (Å²) in [5, 5.41) is 21.8. The Labute approximate surface area is 125 Å². The monoisotopic (exact) mass is 294 g/mol. The molecule has 1 aromatic carbocycles. The highest BCUT2D eigenvalue weighted by Gasteiger charge is 2.07. The molecule has 1 unspecified atom stereocenters. The number of ether oxygens (including phenoxy) is 3. The molecule has 0 aliphatic heterocycles. The van der Waals surface area contributed by atoms with Crippen molar-refractivity contribution >= 4 is 0 Å². The van der Waals surface area contributed by atoms with E-state index in [2.05, 4.69) is 5.32 Å². The number of nitrogens with one attached hydrogen (secondary N) is 1. The van der Waals surface area contributed by atoms with Gasteiger partial charge in [0.25, 0.3) is 0 Å². The molecular weight excluding hydrogens is 272 g/mol. The van der Waals surface area contributed by atoms with Gasteiger partial charge in [-0.15, -0.1) is 0 Å². The van der Waals surface area contributed by atoms with E-state index in [4.69, 9.17) is 19.5 Å². The summed E-state index contributed by atoms with van der Waals surface area (Å²) in [7, 11) is 1.63. The summed E-state index contributed by atoms with van der Waals surface area (Å²) in [6.45, 7) is 2.89. The van der Waals surface area contributed by atoms with Crippen LogP contribution in [0, 0.1) is 11.3 Å². The van der Waals surface area contributed by atoms with Crippen LogP contribution in [-0.2, 0) is 9.47 Å². The fraction of sp³-hybridized carbons (Fsp3) is 0.533. The van der Waals surface area contributed by atoms with Gasteiger partial charge in [0.1, 0.15) is 24.5 Å². The molecule has 0 amide bonds. The molecule has 0 saturated heterocycles. The van der Waals surface area contributed by atoms with E-state index < -0.39 is 6.10 Å². The van der Waals surface area contributed by atoms with E-state index in [1.807, 2.05) is 6.07 Å². The zero-order chi connectivity index (χ0) is 15.3. The predicted octanol–water partition coefficient (Wildman–Crippen LogP) is 0.551. The molecule has 21 heavy (non-hydrogen) atoms. The van der Waals surface area contributed by atoms with Gasteiger partial charge >= 0.3 is 0 Å².